The van der Waals surface area contributed by atoms with E-state index in [2.05, 4.69) is 51.3 Å². The fourth-order valence-electron chi connectivity index (χ4n) is 3.26. The van der Waals surface area contributed by atoms with Gasteiger partial charge in [-0.25, -0.2) is 4.98 Å². The Morgan fingerprint density at radius 1 is 1.00 bits per heavy atom. The Morgan fingerprint density at radius 3 is 2.52 bits per heavy atom. The molecule has 0 fully saturated rings. The smallest absolute Gasteiger partial charge is 0.307 e. The van der Waals surface area contributed by atoms with E-state index in [9.17, 15) is 9.90 Å². The second kappa shape index (κ2) is 8.32. The minimum absolute atomic E-state index is 0.0335. The number of nitrogens with zero attached hydrogens (tertiary/aromatic N) is 2. The predicted octanol–water partition coefficient (Wildman–Crippen LogP) is 4.43. The third-order valence-electron chi connectivity index (χ3n) is 4.74. The molecule has 0 unspecified atom stereocenters. The Hall–Kier alpha value is -3.38. The monoisotopic (exact) mass is 403 g/mol. The van der Waals surface area contributed by atoms with E-state index in [0.717, 1.165) is 40.4 Å². The molecule has 6 heteroatoms. The molecule has 0 amide bonds. The van der Waals surface area contributed by atoms with Crippen molar-refractivity contribution in [1.82, 2.24) is 9.97 Å². The van der Waals surface area contributed by atoms with Crippen molar-refractivity contribution in [2.75, 3.05) is 11.9 Å². The molecule has 4 aromatic rings. The molecule has 2 aromatic heterocycles. The van der Waals surface area contributed by atoms with Gasteiger partial charge in [0.15, 0.2) is 0 Å². The Balaban J connectivity index is 1.49. The molecule has 29 heavy (non-hydrogen) atoms. The summed E-state index contributed by atoms with van der Waals surface area (Å²) in [6.07, 6.45) is 2.33. The van der Waals surface area contributed by atoms with Gasteiger partial charge in [0.25, 0.3) is 0 Å². The second-order valence-corrected chi connectivity index (χ2v) is 7.97. The summed E-state index contributed by atoms with van der Waals surface area (Å²) >= 11 is 1.04. The van der Waals surface area contributed by atoms with Crippen LogP contribution in [-0.2, 0) is 13.0 Å². The minimum Gasteiger partial charge on any atom is -0.494 e. The highest BCUT2D eigenvalue weighted by molar-refractivity contribution is 7.09. The molecule has 0 saturated carbocycles. The average molecular weight is 404 g/mol. The number of hydrogen-bond acceptors (Lipinski definition) is 5. The number of aromatic nitrogens is 2. The van der Waals surface area contributed by atoms with Crippen LogP contribution in [0, 0.1) is 0 Å². The second-order valence-electron chi connectivity index (χ2n) is 6.90. The maximum atomic E-state index is 11.3. The lowest BCUT2D eigenvalue weighted by Gasteiger charge is -2.18. The molecule has 0 aliphatic carbocycles. The van der Waals surface area contributed by atoms with Gasteiger partial charge in [0.2, 0.25) is 5.88 Å². The van der Waals surface area contributed by atoms with Crippen LogP contribution in [0.1, 0.15) is 16.0 Å². The van der Waals surface area contributed by atoms with Crippen LogP contribution < -0.4 is 9.77 Å². The molecule has 0 radical (unpaired) electrons. The number of nitrogens with one attached hydrogen (secondary N) is 1. The van der Waals surface area contributed by atoms with Crippen LogP contribution in [0.2, 0.25) is 0 Å². The molecule has 0 atom stereocenters. The quantitative estimate of drug-likeness (QED) is 0.500. The first kappa shape index (κ1) is 19.0. The van der Waals surface area contributed by atoms with Gasteiger partial charge in [-0.2, -0.15) is 0 Å². The highest BCUT2D eigenvalue weighted by Gasteiger charge is 2.08. The highest BCUT2D eigenvalue weighted by Crippen LogP contribution is 2.25. The zero-order valence-corrected chi connectivity index (χ0v) is 16.8. The molecule has 4 rings (SSSR count). The van der Waals surface area contributed by atoms with Gasteiger partial charge < -0.3 is 10.0 Å². The summed E-state index contributed by atoms with van der Waals surface area (Å²) in [6.45, 7) is 0.772. The predicted molar refractivity (Wildman–Crippen MR) is 118 cm³/mol. The lowest BCUT2D eigenvalue weighted by molar-refractivity contribution is 0.451. The van der Waals surface area contributed by atoms with E-state index in [1.165, 1.54) is 5.56 Å². The summed E-state index contributed by atoms with van der Waals surface area (Å²) < 4.78 is 0. The van der Waals surface area contributed by atoms with E-state index in [4.69, 9.17) is 0 Å². The van der Waals surface area contributed by atoms with Gasteiger partial charge >= 0.3 is 4.87 Å². The van der Waals surface area contributed by atoms with Gasteiger partial charge in [0.05, 0.1) is 4.88 Å². The Bertz CT molecular complexity index is 1150. The van der Waals surface area contributed by atoms with Crippen molar-refractivity contribution in [2.24, 2.45) is 0 Å². The van der Waals surface area contributed by atoms with Crippen molar-refractivity contribution in [2.45, 2.75) is 13.0 Å². The van der Waals surface area contributed by atoms with Gasteiger partial charge in [-0.3, -0.25) is 9.78 Å². The lowest BCUT2D eigenvalue weighted by Crippen LogP contribution is -2.17. The number of aromatic hydroxyl groups is 1. The molecule has 0 bridgehead atoms. The third-order valence-corrected chi connectivity index (χ3v) is 5.61. The first-order valence-electron chi connectivity index (χ1n) is 9.30. The van der Waals surface area contributed by atoms with E-state index >= 15 is 0 Å². The Morgan fingerprint density at radius 2 is 1.83 bits per heavy atom. The summed E-state index contributed by atoms with van der Waals surface area (Å²) in [5.74, 6) is 0.909. The van der Waals surface area contributed by atoms with E-state index in [1.807, 2.05) is 37.4 Å². The number of rotatable bonds is 6. The number of hydrogen-bond donors (Lipinski definition) is 2. The summed E-state index contributed by atoms with van der Waals surface area (Å²) in [7, 11) is 2.04. The normalized spacial score (nSPS) is 10.8. The fourth-order valence-corrected chi connectivity index (χ4v) is 4.01. The van der Waals surface area contributed by atoms with Crippen LogP contribution in [0.3, 0.4) is 0 Å². The van der Waals surface area contributed by atoms with E-state index in [0.29, 0.717) is 11.3 Å². The van der Waals surface area contributed by atoms with Crippen LogP contribution >= 0.6 is 11.3 Å². The topological polar surface area (TPSA) is 69.2 Å². The molecular weight excluding hydrogens is 382 g/mol. The molecule has 0 saturated heterocycles. The van der Waals surface area contributed by atoms with Crippen molar-refractivity contribution in [1.29, 1.82) is 0 Å². The number of benzene rings is 2. The number of anilines is 1. The zero-order chi connectivity index (χ0) is 20.2. The van der Waals surface area contributed by atoms with Gasteiger partial charge in [0, 0.05) is 26.2 Å². The van der Waals surface area contributed by atoms with Crippen molar-refractivity contribution in [3.63, 3.8) is 0 Å². The van der Waals surface area contributed by atoms with Gasteiger partial charge in [0.1, 0.15) is 5.82 Å². The van der Waals surface area contributed by atoms with Crippen LogP contribution in [-0.4, -0.2) is 22.1 Å². The largest absolute Gasteiger partial charge is 0.494 e. The van der Waals surface area contributed by atoms with Crippen LogP contribution in [0.5, 0.6) is 5.88 Å². The minimum atomic E-state index is -0.235. The third kappa shape index (κ3) is 4.55. The molecule has 2 aromatic carbocycles. The fraction of sp³-hybridized carbons (Fsp3) is 0.130. The molecule has 0 spiro atoms. The number of aromatic amines is 1. The molecule has 5 nitrogen and oxygen atoms in total. The standard InChI is InChI=1S/C23H21N3O2S/c1-26(21-7-2-3-12-24-21)15-17-5-4-6-19(13-17)18-10-8-16(9-11-18)14-20-22(27)25-23(28)29-20/h2-13,27H,14-15H2,1H3,(H,25,28). The molecule has 2 heterocycles. The highest BCUT2D eigenvalue weighted by atomic mass is 32.1. The van der Waals surface area contributed by atoms with Crippen molar-refractivity contribution in [3.8, 4) is 17.0 Å². The van der Waals surface area contributed by atoms with Gasteiger partial charge in [-0.1, -0.05) is 59.9 Å². The van der Waals surface area contributed by atoms with E-state index in [-0.39, 0.29) is 10.8 Å². The van der Waals surface area contributed by atoms with Gasteiger partial charge in [-0.05, 0) is 40.5 Å². The zero-order valence-electron chi connectivity index (χ0n) is 16.0. The summed E-state index contributed by atoms with van der Waals surface area (Å²) in [6, 6.07) is 22.6. The van der Waals surface area contributed by atoms with Crippen LogP contribution in [0.25, 0.3) is 11.1 Å². The Kier molecular flexibility index (Phi) is 5.44. The SMILES string of the molecule is CN(Cc1cccc(-c2ccc(Cc3sc(=O)[nH]c3O)cc2)c1)c1ccccn1. The molecule has 0 aliphatic rings. The molecular formula is C23H21N3O2S. The molecule has 2 N–H and O–H groups in total. The van der Waals surface area contributed by atoms with Crippen LogP contribution in [0.4, 0.5) is 5.82 Å². The number of pyridine rings is 1. The van der Waals surface area contributed by atoms with Gasteiger partial charge in [-0.15, -0.1) is 0 Å². The average Bonchev–Trinajstić information content (AvgIpc) is 3.06. The van der Waals surface area contributed by atoms with E-state index in [1.54, 1.807) is 6.20 Å². The maximum Gasteiger partial charge on any atom is 0.307 e. The number of H-pyrrole nitrogens is 1. The molecule has 0 aliphatic heterocycles. The van der Waals surface area contributed by atoms with Crippen LogP contribution in [0.15, 0.2) is 77.7 Å². The molecule has 146 valence electrons. The summed E-state index contributed by atoms with van der Waals surface area (Å²) in [5.41, 5.74) is 4.53. The maximum absolute atomic E-state index is 11.3. The lowest BCUT2D eigenvalue weighted by atomic mass is 10.0. The van der Waals surface area contributed by atoms with Crippen molar-refractivity contribution >= 4 is 17.2 Å². The first-order valence-corrected chi connectivity index (χ1v) is 10.1. The summed E-state index contributed by atoms with van der Waals surface area (Å²) in [5, 5.41) is 9.76. The van der Waals surface area contributed by atoms with E-state index < -0.39 is 0 Å². The Labute approximate surface area is 172 Å². The number of thiazole rings is 1. The summed E-state index contributed by atoms with van der Waals surface area (Å²) in [4.78, 5) is 20.7. The first-order chi connectivity index (χ1) is 14.1. The van der Waals surface area contributed by atoms with Crippen molar-refractivity contribution in [3.05, 3.63) is 98.6 Å². The van der Waals surface area contributed by atoms with Crippen molar-refractivity contribution < 1.29 is 5.11 Å².